The zero-order valence-corrected chi connectivity index (χ0v) is 13.9. The maximum atomic E-state index is 11.2. The summed E-state index contributed by atoms with van der Waals surface area (Å²) in [6, 6.07) is 0. The summed E-state index contributed by atoms with van der Waals surface area (Å²) in [5.41, 5.74) is 5.94. The molecule has 2 heterocycles. The lowest BCUT2D eigenvalue weighted by Gasteiger charge is -2.12. The molecule has 1 unspecified atom stereocenters. The third kappa shape index (κ3) is 3.02. The molecule has 0 aliphatic heterocycles. The molecule has 0 aliphatic carbocycles. The molecule has 2 aromatic rings. The van der Waals surface area contributed by atoms with Crippen LogP contribution in [0.4, 0.5) is 0 Å². The van der Waals surface area contributed by atoms with Crippen LogP contribution in [-0.4, -0.2) is 20.9 Å². The van der Waals surface area contributed by atoms with Crippen LogP contribution in [0.1, 0.15) is 71.7 Å². The first kappa shape index (κ1) is 16.6. The highest BCUT2D eigenvalue weighted by Gasteiger charge is 2.19. The molecule has 0 saturated heterocycles. The number of nitrogens with one attached hydrogen (secondary N) is 1. The van der Waals surface area contributed by atoms with E-state index in [-0.39, 0.29) is 0 Å². The highest BCUT2D eigenvalue weighted by Crippen LogP contribution is 2.27. The highest BCUT2D eigenvalue weighted by molar-refractivity contribution is 5.76. The number of aliphatic hydroxyl groups is 1. The van der Waals surface area contributed by atoms with E-state index < -0.39 is 6.10 Å². The predicted molar refractivity (Wildman–Crippen MR) is 88.5 cm³/mol. The Bertz CT molecular complexity index is 631. The molecule has 0 aliphatic rings. The second-order valence-corrected chi connectivity index (χ2v) is 5.79. The zero-order valence-electron chi connectivity index (χ0n) is 13.9. The molecule has 120 valence electrons. The Morgan fingerprint density at radius 1 is 1.23 bits per heavy atom. The number of nitrogens with zero attached hydrogens (tertiary/aromatic N) is 1. The van der Waals surface area contributed by atoms with Gasteiger partial charge in [0.05, 0.1) is 18.3 Å². The van der Waals surface area contributed by atoms with Gasteiger partial charge in [0.1, 0.15) is 0 Å². The van der Waals surface area contributed by atoms with Crippen molar-refractivity contribution >= 4 is 6.29 Å². The second-order valence-electron chi connectivity index (χ2n) is 5.79. The lowest BCUT2D eigenvalue weighted by Crippen LogP contribution is -2.05. The van der Waals surface area contributed by atoms with Gasteiger partial charge in [0.2, 0.25) is 0 Å². The summed E-state index contributed by atoms with van der Waals surface area (Å²) in [6.07, 6.45) is 7.29. The molecule has 0 amide bonds. The normalized spacial score (nSPS) is 12.6. The number of aldehydes is 1. The predicted octanol–water partition coefficient (Wildman–Crippen LogP) is 3.55. The van der Waals surface area contributed by atoms with Crippen molar-refractivity contribution in [2.24, 2.45) is 0 Å². The number of carbonyl (C=O) groups is 1. The number of aromatic nitrogens is 2. The fraction of sp³-hybridized carbons (Fsp3) is 0.500. The lowest BCUT2D eigenvalue weighted by molar-refractivity contribution is 0.111. The molecule has 0 radical (unpaired) electrons. The molecule has 0 fully saturated rings. The van der Waals surface area contributed by atoms with Crippen molar-refractivity contribution in [2.75, 3.05) is 0 Å². The summed E-state index contributed by atoms with van der Waals surface area (Å²) in [5.74, 6) is 0. The van der Waals surface area contributed by atoms with Crippen LogP contribution >= 0.6 is 0 Å². The van der Waals surface area contributed by atoms with Crippen molar-refractivity contribution in [3.63, 3.8) is 0 Å². The van der Waals surface area contributed by atoms with E-state index in [1.54, 1.807) is 0 Å². The van der Waals surface area contributed by atoms with E-state index in [0.717, 1.165) is 35.9 Å². The van der Waals surface area contributed by atoms with Gasteiger partial charge in [0.25, 0.3) is 0 Å². The van der Waals surface area contributed by atoms with Gasteiger partial charge in [-0.3, -0.25) is 4.79 Å². The second kappa shape index (κ2) is 6.97. The van der Waals surface area contributed by atoms with Crippen molar-refractivity contribution in [1.82, 2.24) is 9.55 Å². The molecule has 4 nitrogen and oxygen atoms in total. The van der Waals surface area contributed by atoms with Crippen LogP contribution in [0.25, 0.3) is 0 Å². The minimum atomic E-state index is -0.535. The monoisotopic (exact) mass is 302 g/mol. The molecular weight excluding hydrogens is 276 g/mol. The third-order valence-electron chi connectivity index (χ3n) is 4.41. The molecule has 2 N–H and O–H groups in total. The largest absolute Gasteiger partial charge is 0.388 e. The number of aryl methyl sites for hydroxylation is 2. The Labute approximate surface area is 132 Å². The topological polar surface area (TPSA) is 58.0 Å². The number of aromatic amines is 1. The number of hydrogen-bond acceptors (Lipinski definition) is 2. The zero-order chi connectivity index (χ0) is 16.3. The van der Waals surface area contributed by atoms with E-state index in [1.165, 1.54) is 11.1 Å². The minimum Gasteiger partial charge on any atom is -0.388 e. The number of carbonyl (C=O) groups excluding carboxylic acids is 1. The Hall–Kier alpha value is -1.81. The number of rotatable bonds is 7. The summed E-state index contributed by atoms with van der Waals surface area (Å²) >= 11 is 0. The Morgan fingerprint density at radius 3 is 2.27 bits per heavy atom. The summed E-state index contributed by atoms with van der Waals surface area (Å²) in [4.78, 5) is 14.4. The van der Waals surface area contributed by atoms with Gasteiger partial charge < -0.3 is 14.7 Å². The van der Waals surface area contributed by atoms with Crippen LogP contribution < -0.4 is 0 Å². The number of aliphatic hydroxyl groups excluding tert-OH is 1. The van der Waals surface area contributed by atoms with Crippen molar-refractivity contribution < 1.29 is 9.90 Å². The van der Waals surface area contributed by atoms with Crippen LogP contribution in [-0.2, 0) is 19.4 Å². The van der Waals surface area contributed by atoms with Crippen molar-refractivity contribution in [2.45, 2.75) is 59.6 Å². The standard InChI is InChI=1S/C18H26N2O2/c1-5-13-8-20(9-14(13)6-2)10-15-18(17(22)7-3)12(4)16(11-21)19-15/h8-9,11,17,19,22H,5-7,10H2,1-4H3. The van der Waals surface area contributed by atoms with E-state index >= 15 is 0 Å². The summed E-state index contributed by atoms with van der Waals surface area (Å²) in [7, 11) is 0. The first-order valence-corrected chi connectivity index (χ1v) is 8.07. The van der Waals surface area contributed by atoms with E-state index in [4.69, 9.17) is 0 Å². The molecule has 0 saturated carbocycles. The summed E-state index contributed by atoms with van der Waals surface area (Å²) in [5, 5.41) is 10.3. The quantitative estimate of drug-likeness (QED) is 0.768. The summed E-state index contributed by atoms with van der Waals surface area (Å²) in [6.45, 7) is 8.81. The molecule has 0 aromatic carbocycles. The number of hydrogen-bond donors (Lipinski definition) is 2. The smallest absolute Gasteiger partial charge is 0.166 e. The Morgan fingerprint density at radius 2 is 1.82 bits per heavy atom. The first-order valence-electron chi connectivity index (χ1n) is 8.07. The Balaban J connectivity index is 2.40. The molecule has 1 atom stereocenters. The van der Waals surface area contributed by atoms with Gasteiger partial charge in [-0.15, -0.1) is 0 Å². The van der Waals surface area contributed by atoms with Gasteiger partial charge in [-0.2, -0.15) is 0 Å². The van der Waals surface area contributed by atoms with Gasteiger partial charge in [-0.25, -0.2) is 0 Å². The molecule has 4 heteroatoms. The highest BCUT2D eigenvalue weighted by atomic mass is 16.3. The lowest BCUT2D eigenvalue weighted by atomic mass is 10.0. The van der Waals surface area contributed by atoms with E-state index in [2.05, 4.69) is 35.8 Å². The summed E-state index contributed by atoms with van der Waals surface area (Å²) < 4.78 is 2.14. The Kier molecular flexibility index (Phi) is 5.24. The third-order valence-corrected chi connectivity index (χ3v) is 4.41. The molecule has 2 aromatic heterocycles. The van der Waals surface area contributed by atoms with Gasteiger partial charge in [-0.05, 0) is 42.9 Å². The van der Waals surface area contributed by atoms with E-state index in [9.17, 15) is 9.90 Å². The maximum absolute atomic E-state index is 11.2. The van der Waals surface area contributed by atoms with Crippen LogP contribution in [0.2, 0.25) is 0 Å². The molecule has 2 rings (SSSR count). The average Bonchev–Trinajstić information content (AvgIpc) is 3.07. The van der Waals surface area contributed by atoms with Crippen molar-refractivity contribution in [3.05, 3.63) is 46.0 Å². The minimum absolute atomic E-state index is 0.535. The number of H-pyrrole nitrogens is 1. The SMILES string of the molecule is CCc1cn(Cc2[nH]c(C=O)c(C)c2C(O)CC)cc1CC. The molecule has 0 spiro atoms. The van der Waals surface area contributed by atoms with Crippen LogP contribution in [0.15, 0.2) is 12.4 Å². The van der Waals surface area contributed by atoms with Gasteiger partial charge >= 0.3 is 0 Å². The van der Waals surface area contributed by atoms with Crippen LogP contribution in [0.3, 0.4) is 0 Å². The molecular formula is C18H26N2O2. The van der Waals surface area contributed by atoms with Gasteiger partial charge in [0.15, 0.2) is 6.29 Å². The van der Waals surface area contributed by atoms with Gasteiger partial charge in [-0.1, -0.05) is 20.8 Å². The maximum Gasteiger partial charge on any atom is 0.166 e. The average molecular weight is 302 g/mol. The van der Waals surface area contributed by atoms with Crippen molar-refractivity contribution in [1.29, 1.82) is 0 Å². The first-order chi connectivity index (χ1) is 10.5. The van der Waals surface area contributed by atoms with Crippen LogP contribution in [0, 0.1) is 6.92 Å². The fourth-order valence-corrected chi connectivity index (χ4v) is 3.11. The fourth-order valence-electron chi connectivity index (χ4n) is 3.11. The molecule has 22 heavy (non-hydrogen) atoms. The molecule has 0 bridgehead atoms. The van der Waals surface area contributed by atoms with Crippen molar-refractivity contribution in [3.8, 4) is 0 Å². The van der Waals surface area contributed by atoms with Gasteiger partial charge in [0, 0.05) is 23.7 Å². The van der Waals surface area contributed by atoms with E-state index in [1.807, 2.05) is 13.8 Å². The van der Waals surface area contributed by atoms with E-state index in [0.29, 0.717) is 18.7 Å². The van der Waals surface area contributed by atoms with Crippen LogP contribution in [0.5, 0.6) is 0 Å².